The van der Waals surface area contributed by atoms with Crippen LogP contribution in [0.5, 0.6) is 5.75 Å². The van der Waals surface area contributed by atoms with Crippen LogP contribution in [-0.4, -0.2) is 12.4 Å². The number of hydrogen-bond donors (Lipinski definition) is 1. The largest absolute Gasteiger partial charge is 0.573 e. The lowest BCUT2D eigenvalue weighted by atomic mass is 9.57. The molecule has 0 amide bonds. The average Bonchev–Trinajstić information content (AvgIpc) is 2.44. The van der Waals surface area contributed by atoms with Gasteiger partial charge in [-0.05, 0) is 55.4 Å². The standard InChI is InChI=1S/C16H20F3NO/c17-16(18,19)21-13-6-4-12(5-7-13)20-14-8-11-15(14)9-2-1-3-10-15/h4-7,14,20H,1-3,8-11H2. The van der Waals surface area contributed by atoms with Gasteiger partial charge in [0.1, 0.15) is 5.75 Å². The zero-order chi connectivity index (χ0) is 14.9. The summed E-state index contributed by atoms with van der Waals surface area (Å²) in [4.78, 5) is 0. The SMILES string of the molecule is FC(F)(F)Oc1ccc(NC2CCC23CCCCC3)cc1. The molecule has 0 bridgehead atoms. The highest BCUT2D eigenvalue weighted by atomic mass is 19.4. The van der Waals surface area contributed by atoms with E-state index in [0.29, 0.717) is 11.5 Å². The number of anilines is 1. The Morgan fingerprint density at radius 1 is 1.00 bits per heavy atom. The second-order valence-corrected chi connectivity index (χ2v) is 6.23. The molecule has 0 aromatic heterocycles. The van der Waals surface area contributed by atoms with Crippen molar-refractivity contribution in [1.29, 1.82) is 0 Å². The van der Waals surface area contributed by atoms with Gasteiger partial charge in [-0.15, -0.1) is 13.2 Å². The molecule has 0 aliphatic heterocycles. The molecule has 116 valence electrons. The quantitative estimate of drug-likeness (QED) is 0.837. The number of ether oxygens (including phenoxy) is 1. The zero-order valence-corrected chi connectivity index (χ0v) is 11.9. The third-order valence-corrected chi connectivity index (χ3v) is 4.95. The molecular formula is C16H20F3NO. The number of halogens is 3. The normalized spacial score (nSPS) is 24.4. The van der Waals surface area contributed by atoms with Crippen molar-refractivity contribution in [3.8, 4) is 5.75 Å². The fourth-order valence-electron chi connectivity index (χ4n) is 3.73. The van der Waals surface area contributed by atoms with Crippen molar-refractivity contribution in [2.75, 3.05) is 5.32 Å². The number of rotatable bonds is 3. The lowest BCUT2D eigenvalue weighted by molar-refractivity contribution is -0.274. The Hall–Kier alpha value is -1.39. The Balaban J connectivity index is 1.60. The first-order valence-electron chi connectivity index (χ1n) is 7.59. The Morgan fingerprint density at radius 2 is 1.67 bits per heavy atom. The molecule has 1 unspecified atom stereocenters. The van der Waals surface area contributed by atoms with Crippen LogP contribution in [0.3, 0.4) is 0 Å². The smallest absolute Gasteiger partial charge is 0.406 e. The molecule has 2 nitrogen and oxygen atoms in total. The summed E-state index contributed by atoms with van der Waals surface area (Å²) in [7, 11) is 0. The minimum atomic E-state index is -4.63. The van der Waals surface area contributed by atoms with Gasteiger partial charge in [-0.2, -0.15) is 0 Å². The topological polar surface area (TPSA) is 21.3 Å². The zero-order valence-electron chi connectivity index (χ0n) is 11.9. The number of alkyl halides is 3. The number of benzene rings is 1. The van der Waals surface area contributed by atoms with Crippen LogP contribution in [-0.2, 0) is 0 Å². The summed E-state index contributed by atoms with van der Waals surface area (Å²) < 4.78 is 40.2. The lowest BCUT2D eigenvalue weighted by Gasteiger charge is -2.52. The van der Waals surface area contributed by atoms with Crippen molar-refractivity contribution in [3.63, 3.8) is 0 Å². The Labute approximate surface area is 122 Å². The molecule has 0 saturated heterocycles. The molecule has 21 heavy (non-hydrogen) atoms. The maximum atomic E-state index is 12.1. The highest BCUT2D eigenvalue weighted by Crippen LogP contribution is 2.52. The predicted molar refractivity (Wildman–Crippen MR) is 75.3 cm³/mol. The maximum Gasteiger partial charge on any atom is 0.573 e. The molecule has 2 fully saturated rings. The van der Waals surface area contributed by atoms with Crippen LogP contribution < -0.4 is 10.1 Å². The van der Waals surface area contributed by atoms with E-state index in [-0.39, 0.29) is 5.75 Å². The van der Waals surface area contributed by atoms with Gasteiger partial charge in [-0.3, -0.25) is 0 Å². The summed E-state index contributed by atoms with van der Waals surface area (Å²) in [5.74, 6) is -0.172. The molecule has 0 heterocycles. The number of hydrogen-bond acceptors (Lipinski definition) is 2. The van der Waals surface area contributed by atoms with Gasteiger partial charge >= 0.3 is 6.36 Å². The third kappa shape index (κ3) is 3.27. The lowest BCUT2D eigenvalue weighted by Crippen LogP contribution is -2.50. The summed E-state index contributed by atoms with van der Waals surface area (Å²) in [6, 6.07) is 6.52. The van der Waals surface area contributed by atoms with Crippen LogP contribution >= 0.6 is 0 Å². The fourth-order valence-corrected chi connectivity index (χ4v) is 3.73. The second kappa shape index (κ2) is 5.43. The van der Waals surface area contributed by atoms with Crippen molar-refractivity contribution in [1.82, 2.24) is 0 Å². The van der Waals surface area contributed by atoms with Crippen molar-refractivity contribution in [3.05, 3.63) is 24.3 Å². The van der Waals surface area contributed by atoms with Crippen LogP contribution in [0.15, 0.2) is 24.3 Å². The van der Waals surface area contributed by atoms with E-state index in [0.717, 1.165) is 12.1 Å². The van der Waals surface area contributed by atoms with E-state index in [1.165, 1.54) is 50.7 Å². The molecule has 1 spiro atoms. The molecule has 1 aromatic carbocycles. The molecule has 1 atom stereocenters. The van der Waals surface area contributed by atoms with Gasteiger partial charge in [0.05, 0.1) is 0 Å². The van der Waals surface area contributed by atoms with E-state index in [4.69, 9.17) is 0 Å². The van der Waals surface area contributed by atoms with Crippen molar-refractivity contribution < 1.29 is 17.9 Å². The first kappa shape index (κ1) is 14.5. The van der Waals surface area contributed by atoms with Gasteiger partial charge < -0.3 is 10.1 Å². The first-order valence-corrected chi connectivity index (χ1v) is 7.59. The molecule has 2 aliphatic rings. The summed E-state index contributed by atoms with van der Waals surface area (Å²) in [5.41, 5.74) is 1.30. The van der Waals surface area contributed by atoms with E-state index < -0.39 is 6.36 Å². The monoisotopic (exact) mass is 299 g/mol. The molecule has 1 N–H and O–H groups in total. The summed E-state index contributed by atoms with van der Waals surface area (Å²) in [6.07, 6.45) is 4.29. The van der Waals surface area contributed by atoms with Gasteiger partial charge in [-0.1, -0.05) is 19.3 Å². The van der Waals surface area contributed by atoms with Crippen LogP contribution in [0.1, 0.15) is 44.9 Å². The fraction of sp³-hybridized carbons (Fsp3) is 0.625. The molecule has 0 radical (unpaired) electrons. The van der Waals surface area contributed by atoms with E-state index in [1.54, 1.807) is 12.1 Å². The Morgan fingerprint density at radius 3 is 2.19 bits per heavy atom. The molecule has 1 aromatic rings. The van der Waals surface area contributed by atoms with Gasteiger partial charge in [0, 0.05) is 11.7 Å². The van der Waals surface area contributed by atoms with Gasteiger partial charge in [0.25, 0.3) is 0 Å². The maximum absolute atomic E-state index is 12.1. The number of nitrogens with one attached hydrogen (secondary N) is 1. The summed E-state index contributed by atoms with van der Waals surface area (Å²) in [5, 5.41) is 3.49. The van der Waals surface area contributed by atoms with E-state index in [2.05, 4.69) is 10.1 Å². The predicted octanol–water partition coefficient (Wildman–Crippen LogP) is 5.11. The highest BCUT2D eigenvalue weighted by molar-refractivity contribution is 5.48. The van der Waals surface area contributed by atoms with Gasteiger partial charge in [0.15, 0.2) is 0 Å². The minimum absolute atomic E-state index is 0.172. The molecular weight excluding hydrogens is 279 g/mol. The molecule has 2 saturated carbocycles. The van der Waals surface area contributed by atoms with Crippen molar-refractivity contribution in [2.24, 2.45) is 5.41 Å². The summed E-state index contributed by atoms with van der Waals surface area (Å²) >= 11 is 0. The van der Waals surface area contributed by atoms with E-state index in [9.17, 15) is 13.2 Å². The van der Waals surface area contributed by atoms with Crippen LogP contribution in [0, 0.1) is 5.41 Å². The average molecular weight is 299 g/mol. The molecule has 3 rings (SSSR count). The van der Waals surface area contributed by atoms with E-state index in [1.807, 2.05) is 0 Å². The Kier molecular flexibility index (Phi) is 3.76. The highest BCUT2D eigenvalue weighted by Gasteiger charge is 2.46. The first-order chi connectivity index (χ1) is 9.97. The van der Waals surface area contributed by atoms with Crippen LogP contribution in [0.25, 0.3) is 0 Å². The van der Waals surface area contributed by atoms with Gasteiger partial charge in [-0.25, -0.2) is 0 Å². The van der Waals surface area contributed by atoms with Crippen molar-refractivity contribution in [2.45, 2.75) is 57.3 Å². The van der Waals surface area contributed by atoms with Crippen LogP contribution in [0.4, 0.5) is 18.9 Å². The third-order valence-electron chi connectivity index (χ3n) is 4.95. The second-order valence-electron chi connectivity index (χ2n) is 6.23. The van der Waals surface area contributed by atoms with Crippen LogP contribution in [0.2, 0.25) is 0 Å². The molecule has 2 aliphatic carbocycles. The molecule has 5 heteroatoms. The van der Waals surface area contributed by atoms with Gasteiger partial charge in [0.2, 0.25) is 0 Å². The van der Waals surface area contributed by atoms with E-state index >= 15 is 0 Å². The Bertz CT molecular complexity index is 477. The summed E-state index contributed by atoms with van der Waals surface area (Å²) in [6.45, 7) is 0. The minimum Gasteiger partial charge on any atom is -0.406 e. The van der Waals surface area contributed by atoms with Crippen molar-refractivity contribution >= 4 is 5.69 Å².